The second-order valence-corrected chi connectivity index (χ2v) is 5.45. The van der Waals surface area contributed by atoms with Crippen molar-refractivity contribution in [1.82, 2.24) is 0 Å². The topological polar surface area (TPSA) is 18.5 Å². The Morgan fingerprint density at radius 3 is 3.06 bits per heavy atom. The minimum absolute atomic E-state index is 0.250. The highest BCUT2D eigenvalue weighted by molar-refractivity contribution is 9.09. The molecular weight excluding hydrogens is 287 g/mol. The molecule has 0 radical (unpaired) electrons. The first-order valence-electron chi connectivity index (χ1n) is 5.75. The van der Waals surface area contributed by atoms with Crippen molar-refractivity contribution in [1.29, 1.82) is 0 Å². The number of alkyl halides is 1. The zero-order valence-electron chi connectivity index (χ0n) is 9.79. The molecular formula is C13H16BrFO2. The Kier molecular flexibility index (Phi) is 4.40. The third-order valence-electron chi connectivity index (χ3n) is 3.13. The summed E-state index contributed by atoms with van der Waals surface area (Å²) >= 11 is 3.64. The van der Waals surface area contributed by atoms with Crippen LogP contribution in [-0.4, -0.2) is 25.2 Å². The molecule has 0 N–H and O–H groups in total. The van der Waals surface area contributed by atoms with Crippen molar-refractivity contribution in [2.24, 2.45) is 5.92 Å². The summed E-state index contributed by atoms with van der Waals surface area (Å²) < 4.78 is 24.4. The smallest absolute Gasteiger partial charge is 0.168 e. The quantitative estimate of drug-likeness (QED) is 0.799. The third-order valence-corrected chi connectivity index (χ3v) is 4.33. The maximum atomic E-state index is 14.0. The van der Waals surface area contributed by atoms with Gasteiger partial charge in [-0.3, -0.25) is 0 Å². The van der Waals surface area contributed by atoms with Crippen LogP contribution in [0.1, 0.15) is 12.0 Å². The first-order valence-corrected chi connectivity index (χ1v) is 6.67. The fourth-order valence-electron chi connectivity index (χ4n) is 2.11. The molecule has 1 aliphatic heterocycles. The number of methoxy groups -OCH3 is 1. The van der Waals surface area contributed by atoms with Crippen molar-refractivity contribution < 1.29 is 13.9 Å². The molecule has 1 aromatic rings. The Bertz CT molecular complexity index is 384. The molecule has 4 heteroatoms. The van der Waals surface area contributed by atoms with E-state index >= 15 is 0 Å². The number of hydrogen-bond donors (Lipinski definition) is 0. The van der Waals surface area contributed by atoms with Crippen LogP contribution in [0.3, 0.4) is 0 Å². The van der Waals surface area contributed by atoms with Gasteiger partial charge >= 0.3 is 0 Å². The summed E-state index contributed by atoms with van der Waals surface area (Å²) in [5, 5.41) is 0. The second-order valence-electron chi connectivity index (χ2n) is 4.28. The van der Waals surface area contributed by atoms with Gasteiger partial charge in [-0.05, 0) is 30.4 Å². The van der Waals surface area contributed by atoms with Crippen LogP contribution >= 0.6 is 15.9 Å². The Morgan fingerprint density at radius 1 is 1.53 bits per heavy atom. The van der Waals surface area contributed by atoms with Crippen LogP contribution in [0.25, 0.3) is 0 Å². The SMILES string of the molecule is COc1cccc(CC2COCCC2Br)c1F. The predicted octanol–water partition coefficient (Wildman–Crippen LogP) is 3.18. The van der Waals surface area contributed by atoms with Crippen molar-refractivity contribution in [3.8, 4) is 5.75 Å². The molecule has 1 heterocycles. The second kappa shape index (κ2) is 5.83. The Balaban J connectivity index is 2.12. The van der Waals surface area contributed by atoms with Crippen LogP contribution in [0.2, 0.25) is 0 Å². The van der Waals surface area contributed by atoms with Gasteiger partial charge < -0.3 is 9.47 Å². The third kappa shape index (κ3) is 2.99. The number of rotatable bonds is 3. The van der Waals surface area contributed by atoms with Crippen molar-refractivity contribution in [3.05, 3.63) is 29.6 Å². The van der Waals surface area contributed by atoms with Crippen LogP contribution in [-0.2, 0) is 11.2 Å². The molecule has 2 nitrogen and oxygen atoms in total. The molecule has 2 unspecified atom stereocenters. The number of ether oxygens (including phenoxy) is 2. The number of hydrogen-bond acceptors (Lipinski definition) is 2. The molecule has 0 spiro atoms. The Labute approximate surface area is 109 Å². The van der Waals surface area contributed by atoms with E-state index < -0.39 is 0 Å². The summed E-state index contributed by atoms with van der Waals surface area (Å²) in [5.74, 6) is 0.385. The minimum atomic E-state index is -0.250. The van der Waals surface area contributed by atoms with Gasteiger partial charge in [-0.15, -0.1) is 0 Å². The van der Waals surface area contributed by atoms with Gasteiger partial charge in [0.15, 0.2) is 11.6 Å². The number of halogens is 2. The van der Waals surface area contributed by atoms with E-state index in [0.717, 1.165) is 13.0 Å². The largest absolute Gasteiger partial charge is 0.494 e. The van der Waals surface area contributed by atoms with Gasteiger partial charge in [0.1, 0.15) is 0 Å². The molecule has 0 saturated carbocycles. The van der Waals surface area contributed by atoms with Crippen LogP contribution in [0.4, 0.5) is 4.39 Å². The zero-order valence-corrected chi connectivity index (χ0v) is 11.4. The monoisotopic (exact) mass is 302 g/mol. The molecule has 0 aliphatic carbocycles. The lowest BCUT2D eigenvalue weighted by molar-refractivity contribution is 0.0602. The molecule has 1 saturated heterocycles. The highest BCUT2D eigenvalue weighted by Gasteiger charge is 2.25. The summed E-state index contributed by atoms with van der Waals surface area (Å²) in [6, 6.07) is 5.28. The maximum absolute atomic E-state index is 14.0. The minimum Gasteiger partial charge on any atom is -0.494 e. The average molecular weight is 303 g/mol. The summed E-state index contributed by atoms with van der Waals surface area (Å²) in [6.07, 6.45) is 1.66. The fraction of sp³-hybridized carbons (Fsp3) is 0.538. The Morgan fingerprint density at radius 2 is 2.35 bits per heavy atom. The molecule has 0 aromatic heterocycles. The van der Waals surface area contributed by atoms with Crippen molar-refractivity contribution >= 4 is 15.9 Å². The standard InChI is InChI=1S/C13H16BrFO2/c1-16-12-4-2-3-9(13(12)15)7-10-8-17-6-5-11(10)14/h2-4,10-11H,5-8H2,1H3. The van der Waals surface area contributed by atoms with Gasteiger partial charge in [-0.2, -0.15) is 0 Å². The van der Waals surface area contributed by atoms with Gasteiger partial charge in [0.2, 0.25) is 0 Å². The summed E-state index contributed by atoms with van der Waals surface area (Å²) in [6.45, 7) is 1.47. The normalized spacial score (nSPS) is 24.6. The van der Waals surface area contributed by atoms with E-state index in [2.05, 4.69) is 15.9 Å². The predicted molar refractivity (Wildman–Crippen MR) is 68.3 cm³/mol. The fourth-order valence-corrected chi connectivity index (χ4v) is 2.64. The zero-order chi connectivity index (χ0) is 12.3. The Hall–Kier alpha value is -0.610. The maximum Gasteiger partial charge on any atom is 0.168 e. The lowest BCUT2D eigenvalue weighted by Gasteiger charge is -2.27. The lowest BCUT2D eigenvalue weighted by Crippen LogP contribution is -2.29. The molecule has 2 atom stereocenters. The summed E-state index contributed by atoms with van der Waals surface area (Å²) in [7, 11) is 1.49. The first-order chi connectivity index (χ1) is 8.22. The van der Waals surface area contributed by atoms with Crippen LogP contribution < -0.4 is 4.74 Å². The molecule has 1 aliphatic rings. The summed E-state index contributed by atoms with van der Waals surface area (Å²) in [5.41, 5.74) is 0.698. The van der Waals surface area contributed by atoms with Crippen LogP contribution in [0.5, 0.6) is 5.75 Å². The van der Waals surface area contributed by atoms with Crippen molar-refractivity contribution in [2.45, 2.75) is 17.7 Å². The molecule has 1 aromatic carbocycles. The van der Waals surface area contributed by atoms with Crippen LogP contribution in [0.15, 0.2) is 18.2 Å². The average Bonchev–Trinajstić information content (AvgIpc) is 2.34. The van der Waals surface area contributed by atoms with E-state index in [0.29, 0.717) is 35.1 Å². The molecule has 0 bridgehead atoms. The van der Waals surface area contributed by atoms with Crippen LogP contribution in [0, 0.1) is 11.7 Å². The molecule has 0 amide bonds. The van der Waals surface area contributed by atoms with Gasteiger partial charge in [-0.25, -0.2) is 4.39 Å². The molecule has 17 heavy (non-hydrogen) atoms. The van der Waals surface area contributed by atoms with E-state index in [9.17, 15) is 4.39 Å². The van der Waals surface area contributed by atoms with Gasteiger partial charge in [-0.1, -0.05) is 28.1 Å². The molecule has 2 rings (SSSR count). The first kappa shape index (κ1) is 12.8. The van der Waals surface area contributed by atoms with Gasteiger partial charge in [0.05, 0.1) is 13.7 Å². The summed E-state index contributed by atoms with van der Waals surface area (Å²) in [4.78, 5) is 0.404. The van der Waals surface area contributed by atoms with E-state index in [4.69, 9.17) is 9.47 Å². The van der Waals surface area contributed by atoms with Crippen molar-refractivity contribution in [3.63, 3.8) is 0 Å². The highest BCUT2D eigenvalue weighted by atomic mass is 79.9. The van der Waals surface area contributed by atoms with Crippen molar-refractivity contribution in [2.75, 3.05) is 20.3 Å². The number of benzene rings is 1. The van der Waals surface area contributed by atoms with E-state index in [1.54, 1.807) is 6.07 Å². The lowest BCUT2D eigenvalue weighted by atomic mass is 9.93. The van der Waals surface area contributed by atoms with E-state index in [1.165, 1.54) is 7.11 Å². The molecule has 1 fully saturated rings. The van der Waals surface area contributed by atoms with Gasteiger partial charge in [0.25, 0.3) is 0 Å². The van der Waals surface area contributed by atoms with E-state index in [-0.39, 0.29) is 5.82 Å². The van der Waals surface area contributed by atoms with Gasteiger partial charge in [0, 0.05) is 11.4 Å². The highest BCUT2D eigenvalue weighted by Crippen LogP contribution is 2.28. The van der Waals surface area contributed by atoms with E-state index in [1.807, 2.05) is 12.1 Å². The molecule has 94 valence electrons.